The van der Waals surface area contributed by atoms with Gasteiger partial charge in [-0.2, -0.15) is 0 Å². The minimum Gasteiger partial charge on any atom is -0.493 e. The Kier molecular flexibility index (Phi) is 7.44. The highest BCUT2D eigenvalue weighted by molar-refractivity contribution is 6.34. The molecule has 0 unspecified atom stereocenters. The molecule has 0 saturated heterocycles. The Morgan fingerprint density at radius 3 is 2.63 bits per heavy atom. The lowest BCUT2D eigenvalue weighted by molar-refractivity contribution is -0.142. The highest BCUT2D eigenvalue weighted by Gasteiger charge is 2.11. The Hall–Kier alpha value is -2.79. The highest BCUT2D eigenvalue weighted by atomic mass is 35.5. The summed E-state index contributed by atoms with van der Waals surface area (Å²) < 4.78 is 10.5. The second kappa shape index (κ2) is 9.78. The van der Waals surface area contributed by atoms with Gasteiger partial charge in [0.05, 0.1) is 17.3 Å². The third-order valence-electron chi connectivity index (χ3n) is 3.66. The highest BCUT2D eigenvalue weighted by Crippen LogP contribution is 2.27. The Bertz CT molecular complexity index is 838. The lowest BCUT2D eigenvalue weighted by Crippen LogP contribution is -2.20. The maximum atomic E-state index is 12.0. The van der Waals surface area contributed by atoms with Crippen molar-refractivity contribution < 1.29 is 19.1 Å². The zero-order valence-corrected chi connectivity index (χ0v) is 16.3. The van der Waals surface area contributed by atoms with Gasteiger partial charge in [0.2, 0.25) is 0 Å². The van der Waals surface area contributed by atoms with Gasteiger partial charge in [-0.15, -0.1) is 0 Å². The van der Waals surface area contributed by atoms with Crippen LogP contribution in [0.5, 0.6) is 5.75 Å². The van der Waals surface area contributed by atoms with Crippen LogP contribution < -0.4 is 10.1 Å². The normalized spacial score (nSPS) is 10.7. The summed E-state index contributed by atoms with van der Waals surface area (Å²) in [6.07, 6.45) is 2.85. The average molecular weight is 388 g/mol. The molecular weight excluding hydrogens is 366 g/mol. The second-order valence-corrected chi connectivity index (χ2v) is 6.31. The van der Waals surface area contributed by atoms with Gasteiger partial charge in [-0.3, -0.25) is 4.79 Å². The summed E-state index contributed by atoms with van der Waals surface area (Å²) in [5.74, 6) is -0.408. The number of anilines is 1. The predicted octanol–water partition coefficient (Wildman–Crippen LogP) is 4.55. The number of ether oxygens (including phenoxy) is 2. The fraction of sp³-hybridized carbons (Fsp3) is 0.238. The van der Waals surface area contributed by atoms with E-state index in [2.05, 4.69) is 5.32 Å². The monoisotopic (exact) mass is 387 g/mol. The molecule has 1 N–H and O–H groups in total. The van der Waals surface area contributed by atoms with Gasteiger partial charge in [0.15, 0.2) is 6.61 Å². The quantitative estimate of drug-likeness (QED) is 0.559. The molecular formula is C21H22ClNO4. The van der Waals surface area contributed by atoms with Crippen molar-refractivity contribution in [3.63, 3.8) is 0 Å². The standard InChI is InChI=1S/C21H22ClNO4/c1-4-26-18-8-6-5-7-16(18)9-10-20(25)27-13-19(24)23-21-15(3)11-14(2)12-17(21)22/h5-12H,4,13H2,1-3H3,(H,23,24). The Morgan fingerprint density at radius 2 is 1.93 bits per heavy atom. The maximum Gasteiger partial charge on any atom is 0.331 e. The maximum absolute atomic E-state index is 12.0. The van der Waals surface area contributed by atoms with Gasteiger partial charge in [0, 0.05) is 11.6 Å². The van der Waals surface area contributed by atoms with Crippen LogP contribution in [-0.2, 0) is 14.3 Å². The minimum atomic E-state index is -0.622. The van der Waals surface area contributed by atoms with Gasteiger partial charge in [-0.1, -0.05) is 35.9 Å². The van der Waals surface area contributed by atoms with Crippen molar-refractivity contribution >= 4 is 35.2 Å². The molecule has 2 aromatic rings. The Labute approximate surface area is 163 Å². The van der Waals surface area contributed by atoms with Crippen LogP contribution in [0.1, 0.15) is 23.6 Å². The number of hydrogen-bond acceptors (Lipinski definition) is 4. The van der Waals surface area contributed by atoms with E-state index in [-0.39, 0.29) is 0 Å². The SMILES string of the molecule is CCOc1ccccc1C=CC(=O)OCC(=O)Nc1c(C)cc(C)cc1Cl. The summed E-state index contributed by atoms with van der Waals surface area (Å²) in [6.45, 7) is 5.77. The molecule has 0 atom stereocenters. The largest absolute Gasteiger partial charge is 0.493 e. The number of nitrogens with one attached hydrogen (secondary N) is 1. The first-order valence-corrected chi connectivity index (χ1v) is 8.91. The van der Waals surface area contributed by atoms with E-state index in [0.717, 1.165) is 16.7 Å². The van der Waals surface area contributed by atoms with Gasteiger partial charge < -0.3 is 14.8 Å². The number of aryl methyl sites for hydroxylation is 2. The molecule has 1 amide bonds. The fourth-order valence-corrected chi connectivity index (χ4v) is 2.87. The first kappa shape index (κ1) is 20.5. The third kappa shape index (κ3) is 6.15. The van der Waals surface area contributed by atoms with E-state index in [4.69, 9.17) is 21.1 Å². The molecule has 0 aromatic heterocycles. The number of para-hydroxylation sites is 1. The van der Waals surface area contributed by atoms with Crippen molar-refractivity contribution in [3.05, 3.63) is 64.2 Å². The van der Waals surface area contributed by atoms with E-state index in [0.29, 0.717) is 23.1 Å². The van der Waals surface area contributed by atoms with E-state index < -0.39 is 18.5 Å². The molecule has 0 radical (unpaired) electrons. The van der Waals surface area contributed by atoms with Gasteiger partial charge in [0.25, 0.3) is 5.91 Å². The molecule has 6 heteroatoms. The molecule has 0 fully saturated rings. The second-order valence-electron chi connectivity index (χ2n) is 5.90. The molecule has 0 aliphatic rings. The van der Waals surface area contributed by atoms with E-state index in [1.807, 2.05) is 51.1 Å². The molecule has 5 nitrogen and oxygen atoms in total. The lowest BCUT2D eigenvalue weighted by Gasteiger charge is -2.11. The first-order chi connectivity index (χ1) is 12.9. The zero-order chi connectivity index (χ0) is 19.8. The van der Waals surface area contributed by atoms with Crippen LogP contribution in [0.3, 0.4) is 0 Å². The van der Waals surface area contributed by atoms with Gasteiger partial charge in [-0.25, -0.2) is 4.79 Å². The smallest absolute Gasteiger partial charge is 0.331 e. The molecule has 0 bridgehead atoms. The first-order valence-electron chi connectivity index (χ1n) is 8.54. The van der Waals surface area contributed by atoms with E-state index in [1.165, 1.54) is 6.08 Å². The predicted molar refractivity (Wildman–Crippen MR) is 107 cm³/mol. The minimum absolute atomic E-state index is 0.403. The topological polar surface area (TPSA) is 64.6 Å². The number of halogens is 1. The summed E-state index contributed by atoms with van der Waals surface area (Å²) in [7, 11) is 0. The third-order valence-corrected chi connectivity index (χ3v) is 3.96. The van der Waals surface area contributed by atoms with Crippen molar-refractivity contribution in [2.45, 2.75) is 20.8 Å². The van der Waals surface area contributed by atoms with Crippen molar-refractivity contribution in [1.29, 1.82) is 0 Å². The lowest BCUT2D eigenvalue weighted by atomic mass is 10.1. The number of hydrogen-bond donors (Lipinski definition) is 1. The van der Waals surface area contributed by atoms with Crippen molar-refractivity contribution in [3.8, 4) is 5.75 Å². The zero-order valence-electron chi connectivity index (χ0n) is 15.5. The molecule has 2 rings (SSSR count). The van der Waals surface area contributed by atoms with Crippen molar-refractivity contribution in [2.75, 3.05) is 18.5 Å². The molecule has 142 valence electrons. The summed E-state index contributed by atoms with van der Waals surface area (Å²) in [4.78, 5) is 23.9. The van der Waals surface area contributed by atoms with Crippen LogP contribution in [0.25, 0.3) is 6.08 Å². The van der Waals surface area contributed by atoms with E-state index in [1.54, 1.807) is 12.1 Å². The summed E-state index contributed by atoms with van der Waals surface area (Å²) in [5.41, 5.74) is 3.11. The van der Waals surface area contributed by atoms with Crippen LogP contribution in [0.15, 0.2) is 42.5 Å². The molecule has 0 aliphatic heterocycles. The molecule has 27 heavy (non-hydrogen) atoms. The fourth-order valence-electron chi connectivity index (χ4n) is 2.50. The summed E-state index contributed by atoms with van der Waals surface area (Å²) in [6, 6.07) is 11.0. The van der Waals surface area contributed by atoms with Gasteiger partial charge >= 0.3 is 5.97 Å². The van der Waals surface area contributed by atoms with Crippen molar-refractivity contribution in [2.24, 2.45) is 0 Å². The van der Waals surface area contributed by atoms with Crippen LogP contribution in [0, 0.1) is 13.8 Å². The number of rotatable bonds is 7. The van der Waals surface area contributed by atoms with E-state index in [9.17, 15) is 9.59 Å². The van der Waals surface area contributed by atoms with E-state index >= 15 is 0 Å². The van der Waals surface area contributed by atoms with Gasteiger partial charge in [0.1, 0.15) is 5.75 Å². The van der Waals surface area contributed by atoms with Crippen LogP contribution in [0.2, 0.25) is 5.02 Å². The number of carbonyl (C=O) groups is 2. The number of benzene rings is 2. The van der Waals surface area contributed by atoms with Crippen LogP contribution >= 0.6 is 11.6 Å². The molecule has 0 saturated carbocycles. The Balaban J connectivity index is 1.91. The van der Waals surface area contributed by atoms with Crippen LogP contribution in [0.4, 0.5) is 5.69 Å². The van der Waals surface area contributed by atoms with Gasteiger partial charge in [-0.05, 0) is 50.1 Å². The molecule has 0 aliphatic carbocycles. The number of carbonyl (C=O) groups excluding carboxylic acids is 2. The van der Waals surface area contributed by atoms with Crippen LogP contribution in [-0.4, -0.2) is 25.1 Å². The molecule has 0 heterocycles. The average Bonchev–Trinajstić information content (AvgIpc) is 2.62. The number of amides is 1. The summed E-state index contributed by atoms with van der Waals surface area (Å²) >= 11 is 6.15. The number of esters is 1. The molecule has 2 aromatic carbocycles. The molecule has 0 spiro atoms. The van der Waals surface area contributed by atoms with Crippen molar-refractivity contribution in [1.82, 2.24) is 0 Å². The summed E-state index contributed by atoms with van der Waals surface area (Å²) in [5, 5.41) is 3.11. The Morgan fingerprint density at radius 1 is 1.19 bits per heavy atom.